The van der Waals surface area contributed by atoms with Crippen LogP contribution in [0.5, 0.6) is 0 Å². The van der Waals surface area contributed by atoms with Gasteiger partial charge in [0.15, 0.2) is 5.65 Å². The van der Waals surface area contributed by atoms with Crippen molar-refractivity contribution in [3.05, 3.63) is 24.5 Å². The minimum atomic E-state index is 0.808. The maximum atomic E-state index is 4.66. The van der Waals surface area contributed by atoms with Gasteiger partial charge in [0.1, 0.15) is 5.82 Å². The van der Waals surface area contributed by atoms with Crippen LogP contribution < -0.4 is 4.90 Å². The molecule has 0 spiro atoms. The van der Waals surface area contributed by atoms with Gasteiger partial charge in [-0.25, -0.2) is 9.50 Å². The van der Waals surface area contributed by atoms with Crippen molar-refractivity contribution in [3.8, 4) is 0 Å². The van der Waals surface area contributed by atoms with Crippen molar-refractivity contribution in [2.75, 3.05) is 4.90 Å². The lowest BCUT2D eigenvalue weighted by molar-refractivity contribution is 0.546. The largest absolute Gasteiger partial charge is 0.344 e. The number of anilines is 1. The molecule has 17 heavy (non-hydrogen) atoms. The van der Waals surface area contributed by atoms with Crippen LogP contribution in [-0.4, -0.2) is 26.7 Å². The van der Waals surface area contributed by atoms with Crippen molar-refractivity contribution in [2.24, 2.45) is 11.8 Å². The van der Waals surface area contributed by atoms with Gasteiger partial charge in [-0.2, -0.15) is 0 Å². The Morgan fingerprint density at radius 3 is 2.76 bits per heavy atom. The third-order valence-corrected chi connectivity index (χ3v) is 4.89. The lowest BCUT2D eigenvalue weighted by atomic mass is 10.0. The Morgan fingerprint density at radius 1 is 1.12 bits per heavy atom. The van der Waals surface area contributed by atoms with Crippen LogP contribution in [-0.2, 0) is 0 Å². The van der Waals surface area contributed by atoms with E-state index in [9.17, 15) is 0 Å². The number of rotatable bonds is 1. The lowest BCUT2D eigenvalue weighted by Crippen LogP contribution is -2.13. The van der Waals surface area contributed by atoms with Crippen LogP contribution in [0.3, 0.4) is 0 Å². The van der Waals surface area contributed by atoms with E-state index in [0.717, 1.165) is 35.4 Å². The molecule has 3 fully saturated rings. The summed E-state index contributed by atoms with van der Waals surface area (Å²) in [7, 11) is 0. The van der Waals surface area contributed by atoms with Crippen molar-refractivity contribution in [1.82, 2.24) is 14.6 Å². The standard InChI is InChI=1S/C13H14N4/c1-2-9-7-8(1)12-13(9)17(12)11-4-3-10-14-5-6-16(10)15-11/h3-6,8-9,12-13H,1-2,7H2/t8?,9?,12-,13+,17?. The molecule has 2 aromatic rings. The van der Waals surface area contributed by atoms with E-state index in [1.54, 1.807) is 6.20 Å². The van der Waals surface area contributed by atoms with E-state index in [2.05, 4.69) is 27.1 Å². The van der Waals surface area contributed by atoms with Crippen LogP contribution in [0.1, 0.15) is 19.3 Å². The lowest BCUT2D eigenvalue weighted by Gasteiger charge is -2.12. The molecule has 3 aliphatic rings. The number of nitrogens with zero attached hydrogens (tertiary/aromatic N) is 4. The van der Waals surface area contributed by atoms with Gasteiger partial charge in [-0.1, -0.05) is 0 Å². The van der Waals surface area contributed by atoms with E-state index >= 15 is 0 Å². The van der Waals surface area contributed by atoms with Crippen LogP contribution in [0, 0.1) is 11.8 Å². The van der Waals surface area contributed by atoms with Crippen molar-refractivity contribution >= 4 is 11.5 Å². The number of piperidine rings is 1. The van der Waals surface area contributed by atoms with Crippen LogP contribution in [0.25, 0.3) is 5.65 Å². The molecule has 3 heterocycles. The third-order valence-electron chi connectivity index (χ3n) is 4.89. The zero-order valence-electron chi connectivity index (χ0n) is 9.53. The average Bonchev–Trinajstić information content (AvgIpc) is 2.76. The third kappa shape index (κ3) is 0.949. The molecule has 0 aromatic carbocycles. The highest BCUT2D eigenvalue weighted by atomic mass is 15.4. The van der Waals surface area contributed by atoms with E-state index in [1.165, 1.54) is 19.3 Å². The van der Waals surface area contributed by atoms with Crippen LogP contribution in [0.15, 0.2) is 24.5 Å². The Morgan fingerprint density at radius 2 is 1.94 bits per heavy atom. The van der Waals surface area contributed by atoms with Crippen molar-refractivity contribution in [2.45, 2.75) is 31.3 Å². The Bertz CT molecular complexity index is 588. The molecule has 0 radical (unpaired) electrons. The van der Waals surface area contributed by atoms with E-state index in [-0.39, 0.29) is 0 Å². The second-order valence-electron chi connectivity index (χ2n) is 5.64. The fourth-order valence-electron chi connectivity index (χ4n) is 4.20. The van der Waals surface area contributed by atoms with E-state index in [4.69, 9.17) is 0 Å². The first-order valence-electron chi connectivity index (χ1n) is 6.50. The fraction of sp³-hybridized carbons (Fsp3) is 0.538. The molecule has 0 N–H and O–H groups in total. The van der Waals surface area contributed by atoms with Crippen LogP contribution in [0.2, 0.25) is 0 Å². The van der Waals surface area contributed by atoms with Gasteiger partial charge >= 0.3 is 0 Å². The van der Waals surface area contributed by atoms with E-state index in [1.807, 2.05) is 10.7 Å². The predicted molar refractivity (Wildman–Crippen MR) is 63.9 cm³/mol. The van der Waals surface area contributed by atoms with Gasteiger partial charge in [-0.3, -0.25) is 0 Å². The number of hydrogen-bond donors (Lipinski definition) is 0. The summed E-state index contributed by atoms with van der Waals surface area (Å²) in [5.41, 5.74) is 0.934. The summed E-state index contributed by atoms with van der Waals surface area (Å²) in [6, 6.07) is 5.81. The average molecular weight is 226 g/mol. The van der Waals surface area contributed by atoms with Gasteiger partial charge < -0.3 is 4.90 Å². The molecule has 2 saturated carbocycles. The summed E-state index contributed by atoms with van der Waals surface area (Å²) >= 11 is 0. The molecule has 5 rings (SSSR count). The van der Waals surface area contributed by atoms with Crippen LogP contribution >= 0.6 is 0 Å². The van der Waals surface area contributed by atoms with Gasteiger partial charge in [-0.05, 0) is 43.2 Å². The highest BCUT2D eigenvalue weighted by Crippen LogP contribution is 2.59. The first kappa shape index (κ1) is 8.50. The summed E-state index contributed by atoms with van der Waals surface area (Å²) in [4.78, 5) is 6.77. The fourth-order valence-corrected chi connectivity index (χ4v) is 4.20. The molecule has 2 bridgehead atoms. The van der Waals surface area contributed by atoms with Gasteiger partial charge in [0.2, 0.25) is 0 Å². The van der Waals surface area contributed by atoms with Crippen LogP contribution in [0.4, 0.5) is 5.82 Å². The summed E-state index contributed by atoms with van der Waals surface area (Å²) in [6.45, 7) is 0. The molecule has 86 valence electrons. The normalized spacial score (nSPS) is 37.8. The molecular weight excluding hydrogens is 212 g/mol. The van der Waals surface area contributed by atoms with Gasteiger partial charge in [0.25, 0.3) is 0 Å². The summed E-state index contributed by atoms with van der Waals surface area (Å²) in [5, 5.41) is 4.66. The number of imidazole rings is 1. The van der Waals surface area contributed by atoms with Crippen molar-refractivity contribution in [3.63, 3.8) is 0 Å². The SMILES string of the molecule is c1cn2nc(N3[C@@H]4C5CCC(C5)[C@@H]43)ccc2n1. The molecule has 1 aliphatic heterocycles. The molecule has 4 atom stereocenters. The summed E-state index contributed by atoms with van der Waals surface area (Å²) < 4.78 is 1.88. The smallest absolute Gasteiger partial charge is 0.153 e. The quantitative estimate of drug-likeness (QED) is 0.694. The molecule has 2 unspecified atom stereocenters. The molecule has 4 heteroatoms. The Labute approximate surface area is 99.3 Å². The van der Waals surface area contributed by atoms with Crippen molar-refractivity contribution in [1.29, 1.82) is 0 Å². The Hall–Kier alpha value is -1.58. The molecule has 1 saturated heterocycles. The summed E-state index contributed by atoms with van der Waals surface area (Å²) in [5.74, 6) is 3.04. The Balaban J connectivity index is 1.57. The maximum absolute atomic E-state index is 4.66. The number of fused-ring (bicyclic) bond motifs is 6. The molecule has 2 aromatic heterocycles. The molecule has 4 nitrogen and oxygen atoms in total. The Kier molecular flexibility index (Phi) is 1.32. The molecule has 2 aliphatic carbocycles. The number of aromatic nitrogens is 3. The molecular formula is C13H14N4. The van der Waals surface area contributed by atoms with E-state index in [0.29, 0.717) is 0 Å². The first-order valence-corrected chi connectivity index (χ1v) is 6.50. The monoisotopic (exact) mass is 226 g/mol. The molecule has 0 amide bonds. The van der Waals surface area contributed by atoms with Gasteiger partial charge in [0.05, 0.1) is 12.1 Å². The highest BCUT2D eigenvalue weighted by molar-refractivity contribution is 5.56. The zero-order chi connectivity index (χ0) is 11.0. The highest BCUT2D eigenvalue weighted by Gasteiger charge is 2.64. The second-order valence-corrected chi connectivity index (χ2v) is 5.64. The second kappa shape index (κ2) is 2.63. The number of hydrogen-bond acceptors (Lipinski definition) is 3. The van der Waals surface area contributed by atoms with E-state index < -0.39 is 0 Å². The van der Waals surface area contributed by atoms with Gasteiger partial charge in [-0.15, -0.1) is 5.10 Å². The minimum Gasteiger partial charge on any atom is -0.344 e. The minimum absolute atomic E-state index is 0.808. The van der Waals surface area contributed by atoms with Gasteiger partial charge in [0, 0.05) is 12.4 Å². The predicted octanol–water partition coefficient (Wildman–Crippen LogP) is 1.72. The zero-order valence-corrected chi connectivity index (χ0v) is 9.53. The van der Waals surface area contributed by atoms with Crippen molar-refractivity contribution < 1.29 is 0 Å². The first-order chi connectivity index (χ1) is 8.42. The summed E-state index contributed by atoms with van der Waals surface area (Å²) in [6.07, 6.45) is 8.08. The maximum Gasteiger partial charge on any atom is 0.153 e. The topological polar surface area (TPSA) is 33.2 Å².